The molecule has 0 aliphatic heterocycles. The highest BCUT2D eigenvalue weighted by Gasteiger charge is 2.01. The predicted molar refractivity (Wildman–Crippen MR) is 70.5 cm³/mol. The Morgan fingerprint density at radius 1 is 1.07 bits per heavy atom. The molecule has 2 rings (SSSR count). The van der Waals surface area contributed by atoms with Crippen LogP contribution in [0.25, 0.3) is 0 Å². The number of benzene rings is 1. The zero-order valence-corrected chi connectivity index (χ0v) is 11.7. The summed E-state index contributed by atoms with van der Waals surface area (Å²) in [5.41, 5.74) is 0. The third-order valence-electron chi connectivity index (χ3n) is 1.87. The molecule has 0 atom stereocenters. The fraction of sp³-hybridized carbons (Fsp3) is 0.0909. The summed E-state index contributed by atoms with van der Waals surface area (Å²) in [6.45, 7) is 0.611. The number of hydrogen-bond acceptors (Lipinski definition) is 2. The zero-order valence-electron chi connectivity index (χ0n) is 7.74. The van der Waals surface area contributed by atoms with Gasteiger partial charge in [0.1, 0.15) is 12.4 Å². The quantitative estimate of drug-likeness (QED) is 0.771. The molecule has 0 radical (unpaired) electrons. The second kappa shape index (κ2) is 5.14. The molecule has 1 nitrogen and oxygen atoms in total. The van der Waals surface area contributed by atoms with E-state index in [1.807, 2.05) is 35.7 Å². The molecule has 0 N–H and O–H groups in total. The summed E-state index contributed by atoms with van der Waals surface area (Å²) in [5, 5.41) is 2.05. The highest BCUT2D eigenvalue weighted by Crippen LogP contribution is 2.24. The Balaban J connectivity index is 1.99. The summed E-state index contributed by atoms with van der Waals surface area (Å²) in [7, 11) is 0. The van der Waals surface area contributed by atoms with Crippen LogP contribution in [0.3, 0.4) is 0 Å². The average molecular weight is 348 g/mol. The molecule has 2 aromatic rings. The van der Waals surface area contributed by atoms with Gasteiger partial charge in [0.25, 0.3) is 0 Å². The van der Waals surface area contributed by atoms with Crippen molar-refractivity contribution in [3.8, 4) is 5.75 Å². The fourth-order valence-corrected chi connectivity index (χ4v) is 2.75. The van der Waals surface area contributed by atoms with Gasteiger partial charge in [-0.25, -0.2) is 0 Å². The number of halogens is 2. The second-order valence-electron chi connectivity index (χ2n) is 2.93. The number of rotatable bonds is 3. The van der Waals surface area contributed by atoms with Gasteiger partial charge in [-0.2, -0.15) is 0 Å². The Morgan fingerprint density at radius 2 is 1.80 bits per heavy atom. The van der Waals surface area contributed by atoms with Crippen LogP contribution in [0.4, 0.5) is 0 Å². The minimum Gasteiger partial charge on any atom is -0.488 e. The van der Waals surface area contributed by atoms with Crippen molar-refractivity contribution in [2.75, 3.05) is 0 Å². The minimum atomic E-state index is 0.611. The van der Waals surface area contributed by atoms with Crippen molar-refractivity contribution in [2.45, 2.75) is 6.61 Å². The average Bonchev–Trinajstić information content (AvgIpc) is 2.63. The van der Waals surface area contributed by atoms with E-state index in [1.54, 1.807) is 11.3 Å². The molecule has 0 aliphatic rings. The Hall–Kier alpha value is -0.320. The summed E-state index contributed by atoms with van der Waals surface area (Å²) in [4.78, 5) is 1.21. The molecule has 0 amide bonds. The maximum absolute atomic E-state index is 5.65. The lowest BCUT2D eigenvalue weighted by atomic mass is 10.3. The van der Waals surface area contributed by atoms with Crippen molar-refractivity contribution >= 4 is 43.2 Å². The van der Waals surface area contributed by atoms with Gasteiger partial charge in [0.05, 0.1) is 4.88 Å². The number of ether oxygens (including phenoxy) is 1. The predicted octanol–water partition coefficient (Wildman–Crippen LogP) is 4.85. The standard InChI is InChI=1S/C11H8Br2OS/c12-8-1-3-9(4-2-8)14-7-11-10(13)5-6-15-11/h1-6H,7H2. The first kappa shape index (κ1) is 11.2. The lowest BCUT2D eigenvalue weighted by Crippen LogP contribution is -1.92. The van der Waals surface area contributed by atoms with Gasteiger partial charge in [-0.1, -0.05) is 15.9 Å². The topological polar surface area (TPSA) is 9.23 Å². The zero-order chi connectivity index (χ0) is 10.7. The highest BCUT2D eigenvalue weighted by atomic mass is 79.9. The van der Waals surface area contributed by atoms with E-state index in [9.17, 15) is 0 Å². The molecule has 78 valence electrons. The smallest absolute Gasteiger partial charge is 0.124 e. The normalized spacial score (nSPS) is 10.3. The molecule has 0 fully saturated rings. The van der Waals surface area contributed by atoms with E-state index in [0.717, 1.165) is 14.7 Å². The van der Waals surface area contributed by atoms with Crippen LogP contribution < -0.4 is 4.74 Å². The van der Waals surface area contributed by atoms with Gasteiger partial charge < -0.3 is 4.74 Å². The Bertz CT molecular complexity index is 436. The molecule has 4 heteroatoms. The van der Waals surface area contributed by atoms with Crippen molar-refractivity contribution in [2.24, 2.45) is 0 Å². The SMILES string of the molecule is Brc1ccc(OCc2sccc2Br)cc1. The van der Waals surface area contributed by atoms with Crippen molar-refractivity contribution in [3.05, 3.63) is 49.5 Å². The largest absolute Gasteiger partial charge is 0.488 e. The van der Waals surface area contributed by atoms with E-state index in [2.05, 4.69) is 31.9 Å². The van der Waals surface area contributed by atoms with Gasteiger partial charge in [0, 0.05) is 8.95 Å². The highest BCUT2D eigenvalue weighted by molar-refractivity contribution is 9.10. The Labute approximate surface area is 109 Å². The van der Waals surface area contributed by atoms with Gasteiger partial charge in [-0.3, -0.25) is 0 Å². The molecular formula is C11H8Br2OS. The van der Waals surface area contributed by atoms with Crippen LogP contribution in [0, 0.1) is 0 Å². The third-order valence-corrected chi connectivity index (χ3v) is 4.30. The summed E-state index contributed by atoms with van der Waals surface area (Å²) in [6.07, 6.45) is 0. The van der Waals surface area contributed by atoms with Crippen LogP contribution in [-0.2, 0) is 6.61 Å². The first-order chi connectivity index (χ1) is 7.25. The molecule has 1 aromatic carbocycles. The lowest BCUT2D eigenvalue weighted by Gasteiger charge is -2.04. The number of hydrogen-bond donors (Lipinski definition) is 0. The molecule has 0 saturated carbocycles. The van der Waals surface area contributed by atoms with E-state index in [-0.39, 0.29) is 0 Å². The van der Waals surface area contributed by atoms with Gasteiger partial charge in [-0.15, -0.1) is 11.3 Å². The molecule has 15 heavy (non-hydrogen) atoms. The maximum Gasteiger partial charge on any atom is 0.124 e. The summed E-state index contributed by atoms with van der Waals surface area (Å²) >= 11 is 8.55. The molecule has 0 unspecified atom stereocenters. The molecule has 0 aliphatic carbocycles. The molecule has 0 bridgehead atoms. The molecular weight excluding hydrogens is 340 g/mol. The third kappa shape index (κ3) is 3.06. The van der Waals surface area contributed by atoms with Crippen LogP contribution in [0.15, 0.2) is 44.7 Å². The van der Waals surface area contributed by atoms with Gasteiger partial charge in [0.15, 0.2) is 0 Å². The Morgan fingerprint density at radius 3 is 2.40 bits per heavy atom. The van der Waals surface area contributed by atoms with Crippen molar-refractivity contribution < 1.29 is 4.74 Å². The fourth-order valence-electron chi connectivity index (χ4n) is 1.11. The summed E-state index contributed by atoms with van der Waals surface area (Å²) < 4.78 is 7.82. The first-order valence-corrected chi connectivity index (χ1v) is 6.82. The summed E-state index contributed by atoms with van der Waals surface area (Å²) in [5.74, 6) is 0.888. The molecule has 0 saturated heterocycles. The van der Waals surface area contributed by atoms with E-state index in [1.165, 1.54) is 4.88 Å². The van der Waals surface area contributed by atoms with Crippen LogP contribution in [0.5, 0.6) is 5.75 Å². The second-order valence-corrected chi connectivity index (χ2v) is 5.70. The van der Waals surface area contributed by atoms with Crippen molar-refractivity contribution in [1.82, 2.24) is 0 Å². The maximum atomic E-state index is 5.65. The van der Waals surface area contributed by atoms with Crippen molar-refractivity contribution in [1.29, 1.82) is 0 Å². The van der Waals surface area contributed by atoms with Crippen LogP contribution in [-0.4, -0.2) is 0 Å². The van der Waals surface area contributed by atoms with Gasteiger partial charge >= 0.3 is 0 Å². The first-order valence-electron chi connectivity index (χ1n) is 4.36. The van der Waals surface area contributed by atoms with Crippen molar-refractivity contribution in [3.63, 3.8) is 0 Å². The van der Waals surface area contributed by atoms with E-state index < -0.39 is 0 Å². The Kier molecular flexibility index (Phi) is 3.83. The minimum absolute atomic E-state index is 0.611. The van der Waals surface area contributed by atoms with E-state index in [0.29, 0.717) is 6.61 Å². The molecule has 0 spiro atoms. The van der Waals surface area contributed by atoms with Crippen LogP contribution >= 0.6 is 43.2 Å². The monoisotopic (exact) mass is 346 g/mol. The van der Waals surface area contributed by atoms with E-state index in [4.69, 9.17) is 4.74 Å². The molecule has 1 heterocycles. The van der Waals surface area contributed by atoms with Gasteiger partial charge in [-0.05, 0) is 51.6 Å². The molecule has 1 aromatic heterocycles. The summed E-state index contributed by atoms with van der Waals surface area (Å²) in [6, 6.07) is 9.87. The lowest BCUT2D eigenvalue weighted by molar-refractivity contribution is 0.309. The van der Waals surface area contributed by atoms with Crippen LogP contribution in [0.2, 0.25) is 0 Å². The van der Waals surface area contributed by atoms with Crippen LogP contribution in [0.1, 0.15) is 4.88 Å². The van der Waals surface area contributed by atoms with Gasteiger partial charge in [0.2, 0.25) is 0 Å². The van der Waals surface area contributed by atoms with E-state index >= 15 is 0 Å². The number of thiophene rings is 1.